The van der Waals surface area contributed by atoms with Gasteiger partial charge in [0.1, 0.15) is 0 Å². The van der Waals surface area contributed by atoms with Crippen LogP contribution in [0.2, 0.25) is 0 Å². The van der Waals surface area contributed by atoms with Crippen LogP contribution in [0.3, 0.4) is 0 Å². The zero-order valence-corrected chi connectivity index (χ0v) is 12.6. The van der Waals surface area contributed by atoms with Gasteiger partial charge in [-0.2, -0.15) is 0 Å². The van der Waals surface area contributed by atoms with Crippen LogP contribution in [-0.2, 0) is 14.3 Å². The lowest BCUT2D eigenvalue weighted by atomic mass is 9.80. The standard InChI is InChI=1S/C15H27NO3/c1-5-19-14(17)10-12-6-8-13(9-7-12)15(18)16(4)11(2)3/h11-13H,5-10H2,1-4H3/t12-,13-. The maximum Gasteiger partial charge on any atom is 0.306 e. The van der Waals surface area contributed by atoms with Crippen LogP contribution < -0.4 is 0 Å². The van der Waals surface area contributed by atoms with Crippen LogP contribution in [-0.4, -0.2) is 36.5 Å². The number of amides is 1. The Labute approximate surface area is 116 Å². The van der Waals surface area contributed by atoms with E-state index in [1.807, 2.05) is 32.7 Å². The summed E-state index contributed by atoms with van der Waals surface area (Å²) in [5, 5.41) is 0. The summed E-state index contributed by atoms with van der Waals surface area (Å²) in [5.41, 5.74) is 0. The van der Waals surface area contributed by atoms with Crippen LogP contribution >= 0.6 is 0 Å². The van der Waals surface area contributed by atoms with Gasteiger partial charge in [0.05, 0.1) is 6.61 Å². The molecule has 0 heterocycles. The van der Waals surface area contributed by atoms with Crippen molar-refractivity contribution in [3.05, 3.63) is 0 Å². The molecule has 0 aliphatic heterocycles. The van der Waals surface area contributed by atoms with E-state index in [0.29, 0.717) is 18.9 Å². The summed E-state index contributed by atoms with van der Waals surface area (Å²) in [5.74, 6) is 0.694. The lowest BCUT2D eigenvalue weighted by Crippen LogP contribution is -2.39. The summed E-state index contributed by atoms with van der Waals surface area (Å²) < 4.78 is 4.97. The van der Waals surface area contributed by atoms with E-state index < -0.39 is 0 Å². The van der Waals surface area contributed by atoms with Gasteiger partial charge in [-0.1, -0.05) is 0 Å². The maximum atomic E-state index is 12.2. The van der Waals surface area contributed by atoms with Gasteiger partial charge in [-0.3, -0.25) is 9.59 Å². The molecule has 1 saturated carbocycles. The van der Waals surface area contributed by atoms with Crippen LogP contribution in [0.25, 0.3) is 0 Å². The van der Waals surface area contributed by atoms with Crippen LogP contribution in [0, 0.1) is 11.8 Å². The molecule has 1 fully saturated rings. The smallest absolute Gasteiger partial charge is 0.306 e. The monoisotopic (exact) mass is 269 g/mol. The minimum atomic E-state index is -0.100. The van der Waals surface area contributed by atoms with E-state index in [4.69, 9.17) is 4.74 Å². The fraction of sp³-hybridized carbons (Fsp3) is 0.867. The molecule has 1 aliphatic rings. The molecule has 0 radical (unpaired) electrons. The first kappa shape index (κ1) is 16.0. The van der Waals surface area contributed by atoms with E-state index in [-0.39, 0.29) is 23.8 Å². The quantitative estimate of drug-likeness (QED) is 0.721. The number of carbonyl (C=O) groups is 2. The van der Waals surface area contributed by atoms with Gasteiger partial charge in [0.15, 0.2) is 0 Å². The van der Waals surface area contributed by atoms with Crippen LogP contribution in [0.5, 0.6) is 0 Å². The fourth-order valence-electron chi connectivity index (χ4n) is 2.61. The van der Waals surface area contributed by atoms with E-state index >= 15 is 0 Å². The average Bonchev–Trinajstić information content (AvgIpc) is 2.38. The topological polar surface area (TPSA) is 46.6 Å². The largest absolute Gasteiger partial charge is 0.466 e. The Morgan fingerprint density at radius 2 is 1.79 bits per heavy atom. The van der Waals surface area contributed by atoms with Gasteiger partial charge in [0.2, 0.25) is 5.91 Å². The van der Waals surface area contributed by atoms with E-state index in [1.165, 1.54) is 0 Å². The SMILES string of the molecule is CCOC(=O)C[C@H]1CC[C@H](C(=O)N(C)C(C)C)CC1. The molecule has 1 rings (SSSR count). The molecule has 0 N–H and O–H groups in total. The zero-order valence-electron chi connectivity index (χ0n) is 12.6. The first-order valence-electron chi connectivity index (χ1n) is 7.38. The first-order valence-corrected chi connectivity index (χ1v) is 7.38. The van der Waals surface area contributed by atoms with Gasteiger partial charge in [-0.05, 0) is 52.4 Å². The second kappa shape index (κ2) is 7.51. The number of nitrogens with zero attached hydrogens (tertiary/aromatic N) is 1. The minimum absolute atomic E-state index is 0.100. The average molecular weight is 269 g/mol. The lowest BCUT2D eigenvalue weighted by molar-refractivity contribution is -0.144. The predicted molar refractivity (Wildman–Crippen MR) is 74.6 cm³/mol. The summed E-state index contributed by atoms with van der Waals surface area (Å²) in [7, 11) is 1.87. The molecule has 4 nitrogen and oxygen atoms in total. The highest BCUT2D eigenvalue weighted by Gasteiger charge is 2.29. The molecule has 0 saturated heterocycles. The molecular formula is C15H27NO3. The van der Waals surface area contributed by atoms with Crippen molar-refractivity contribution in [2.75, 3.05) is 13.7 Å². The molecular weight excluding hydrogens is 242 g/mol. The summed E-state index contributed by atoms with van der Waals surface area (Å²) in [4.78, 5) is 25.5. The Balaban J connectivity index is 2.36. The van der Waals surface area contributed by atoms with Gasteiger partial charge < -0.3 is 9.64 Å². The Morgan fingerprint density at radius 3 is 2.26 bits per heavy atom. The lowest BCUT2D eigenvalue weighted by Gasteiger charge is -2.31. The van der Waals surface area contributed by atoms with Crippen LogP contribution in [0.15, 0.2) is 0 Å². The second-order valence-corrected chi connectivity index (χ2v) is 5.77. The molecule has 1 aliphatic carbocycles. The van der Waals surface area contributed by atoms with Crippen molar-refractivity contribution < 1.29 is 14.3 Å². The number of hydrogen-bond acceptors (Lipinski definition) is 3. The van der Waals surface area contributed by atoms with Crippen LogP contribution in [0.4, 0.5) is 0 Å². The Morgan fingerprint density at radius 1 is 1.21 bits per heavy atom. The van der Waals surface area contributed by atoms with Crippen molar-refractivity contribution in [1.82, 2.24) is 4.90 Å². The summed E-state index contributed by atoms with van der Waals surface area (Å²) in [6.45, 7) is 6.34. The fourth-order valence-corrected chi connectivity index (χ4v) is 2.61. The highest BCUT2D eigenvalue weighted by Crippen LogP contribution is 2.32. The first-order chi connectivity index (χ1) is 8.95. The molecule has 0 aromatic heterocycles. The molecule has 110 valence electrons. The second-order valence-electron chi connectivity index (χ2n) is 5.77. The Kier molecular flexibility index (Phi) is 6.32. The highest BCUT2D eigenvalue weighted by molar-refractivity contribution is 5.79. The molecule has 0 spiro atoms. The van der Waals surface area contributed by atoms with Crippen molar-refractivity contribution in [3.63, 3.8) is 0 Å². The van der Waals surface area contributed by atoms with Crippen molar-refractivity contribution in [2.45, 2.75) is 58.9 Å². The minimum Gasteiger partial charge on any atom is -0.466 e. The summed E-state index contributed by atoms with van der Waals surface area (Å²) in [6, 6.07) is 0.254. The maximum absolute atomic E-state index is 12.2. The molecule has 0 aromatic rings. The third kappa shape index (κ3) is 4.84. The number of ether oxygens (including phenoxy) is 1. The molecule has 4 heteroatoms. The number of hydrogen-bond donors (Lipinski definition) is 0. The summed E-state index contributed by atoms with van der Waals surface area (Å²) >= 11 is 0. The molecule has 0 aromatic carbocycles. The van der Waals surface area contributed by atoms with Gasteiger partial charge in [0.25, 0.3) is 0 Å². The van der Waals surface area contributed by atoms with Crippen molar-refractivity contribution in [1.29, 1.82) is 0 Å². The summed E-state index contributed by atoms with van der Waals surface area (Å²) in [6.07, 6.45) is 4.23. The van der Waals surface area contributed by atoms with E-state index in [9.17, 15) is 9.59 Å². The van der Waals surface area contributed by atoms with Gasteiger partial charge >= 0.3 is 5.97 Å². The third-order valence-electron chi connectivity index (χ3n) is 4.08. The Bertz CT molecular complexity index is 307. The molecule has 0 unspecified atom stereocenters. The van der Waals surface area contributed by atoms with Crippen LogP contribution in [0.1, 0.15) is 52.9 Å². The number of esters is 1. The zero-order chi connectivity index (χ0) is 14.4. The van der Waals surface area contributed by atoms with E-state index in [0.717, 1.165) is 25.7 Å². The molecule has 19 heavy (non-hydrogen) atoms. The Hall–Kier alpha value is -1.06. The van der Waals surface area contributed by atoms with Gasteiger partial charge in [-0.25, -0.2) is 0 Å². The van der Waals surface area contributed by atoms with Crippen molar-refractivity contribution in [3.8, 4) is 0 Å². The predicted octanol–water partition coefficient (Wildman–Crippen LogP) is 2.61. The van der Waals surface area contributed by atoms with Gasteiger partial charge in [-0.15, -0.1) is 0 Å². The van der Waals surface area contributed by atoms with Crippen molar-refractivity contribution >= 4 is 11.9 Å². The number of rotatable bonds is 5. The highest BCUT2D eigenvalue weighted by atomic mass is 16.5. The van der Waals surface area contributed by atoms with Crippen molar-refractivity contribution in [2.24, 2.45) is 11.8 Å². The number of carbonyl (C=O) groups excluding carboxylic acids is 2. The molecule has 1 amide bonds. The van der Waals surface area contributed by atoms with Gasteiger partial charge in [0, 0.05) is 25.4 Å². The molecule has 0 bridgehead atoms. The van der Waals surface area contributed by atoms with E-state index in [2.05, 4.69) is 0 Å². The third-order valence-corrected chi connectivity index (χ3v) is 4.08. The molecule has 0 atom stereocenters. The van der Waals surface area contributed by atoms with E-state index in [1.54, 1.807) is 0 Å². The normalized spacial score (nSPS) is 23.2.